The normalized spacial score (nSPS) is 10.2. The molecule has 1 N–H and O–H groups in total. The van der Waals surface area contributed by atoms with Crippen molar-refractivity contribution in [2.24, 2.45) is 7.05 Å². The highest BCUT2D eigenvalue weighted by atomic mass is 16.5. The van der Waals surface area contributed by atoms with Crippen LogP contribution in [-0.4, -0.2) is 35.6 Å². The average Bonchev–Trinajstić information content (AvgIpc) is 2.88. The van der Waals surface area contributed by atoms with Crippen LogP contribution in [0.1, 0.15) is 26.4 Å². The highest BCUT2D eigenvalue weighted by Crippen LogP contribution is 2.27. The van der Waals surface area contributed by atoms with Gasteiger partial charge in [-0.1, -0.05) is 0 Å². The van der Waals surface area contributed by atoms with Crippen molar-refractivity contribution >= 4 is 11.8 Å². The van der Waals surface area contributed by atoms with Crippen molar-refractivity contribution in [1.29, 1.82) is 0 Å². The van der Waals surface area contributed by atoms with Gasteiger partial charge in [-0.05, 0) is 18.2 Å². The molecule has 0 saturated heterocycles. The highest BCUT2D eigenvalue weighted by molar-refractivity contribution is 6.11. The number of carbonyl (C=O) groups is 2. The molecule has 1 heterocycles. The molecule has 6 nitrogen and oxygen atoms in total. The van der Waals surface area contributed by atoms with Crippen LogP contribution in [0.25, 0.3) is 0 Å². The van der Waals surface area contributed by atoms with E-state index in [2.05, 4.69) is 0 Å². The third kappa shape index (κ3) is 2.74. The number of aromatic carboxylic acids is 1. The zero-order chi connectivity index (χ0) is 15.6. The van der Waals surface area contributed by atoms with E-state index in [-0.39, 0.29) is 11.5 Å². The lowest BCUT2D eigenvalue weighted by molar-refractivity contribution is 0.0686. The number of ether oxygens (including phenoxy) is 2. The lowest BCUT2D eigenvalue weighted by atomic mass is 10.0. The van der Waals surface area contributed by atoms with Gasteiger partial charge in [0.1, 0.15) is 17.2 Å². The van der Waals surface area contributed by atoms with Gasteiger partial charge in [0.15, 0.2) is 5.78 Å². The standard InChI is InChI=1S/C15H15NO5/c1-16-8-9(6-12(16)15(18)19)14(17)11-5-4-10(20-2)7-13(11)21-3/h4-8H,1-3H3,(H,18,19). The van der Waals surface area contributed by atoms with E-state index in [1.807, 2.05) is 0 Å². The van der Waals surface area contributed by atoms with E-state index in [0.29, 0.717) is 22.6 Å². The van der Waals surface area contributed by atoms with Crippen molar-refractivity contribution in [3.63, 3.8) is 0 Å². The van der Waals surface area contributed by atoms with Crippen LogP contribution >= 0.6 is 0 Å². The van der Waals surface area contributed by atoms with E-state index in [4.69, 9.17) is 14.6 Å². The lowest BCUT2D eigenvalue weighted by Crippen LogP contribution is -2.03. The molecule has 0 bridgehead atoms. The number of aryl methyl sites for hydroxylation is 1. The molecule has 0 radical (unpaired) electrons. The van der Waals surface area contributed by atoms with Gasteiger partial charge in [-0.2, -0.15) is 0 Å². The molecule has 0 saturated carbocycles. The van der Waals surface area contributed by atoms with Gasteiger partial charge in [-0.25, -0.2) is 4.79 Å². The SMILES string of the molecule is COc1ccc(C(=O)c2cc(C(=O)O)n(C)c2)c(OC)c1. The van der Waals surface area contributed by atoms with Gasteiger partial charge in [0, 0.05) is 24.9 Å². The minimum absolute atomic E-state index is 0.0471. The Morgan fingerprint density at radius 2 is 1.86 bits per heavy atom. The number of carboxylic acids is 1. The first-order valence-corrected chi connectivity index (χ1v) is 6.14. The van der Waals surface area contributed by atoms with Crippen molar-refractivity contribution < 1.29 is 24.2 Å². The van der Waals surface area contributed by atoms with Gasteiger partial charge in [0.2, 0.25) is 0 Å². The molecule has 2 rings (SSSR count). The monoisotopic (exact) mass is 289 g/mol. The molecular formula is C15H15NO5. The molecular weight excluding hydrogens is 274 g/mol. The molecule has 1 aromatic carbocycles. The molecule has 0 aliphatic carbocycles. The summed E-state index contributed by atoms with van der Waals surface area (Å²) in [5.74, 6) is -0.446. The smallest absolute Gasteiger partial charge is 0.352 e. The summed E-state index contributed by atoms with van der Waals surface area (Å²) >= 11 is 0. The van der Waals surface area contributed by atoms with E-state index >= 15 is 0 Å². The number of benzene rings is 1. The third-order valence-corrected chi connectivity index (χ3v) is 3.14. The predicted molar refractivity (Wildman–Crippen MR) is 75.4 cm³/mol. The molecule has 0 spiro atoms. The number of hydrogen-bond donors (Lipinski definition) is 1. The Kier molecular flexibility index (Phi) is 3.98. The van der Waals surface area contributed by atoms with Crippen molar-refractivity contribution in [3.05, 3.63) is 47.3 Å². The first-order valence-electron chi connectivity index (χ1n) is 6.14. The van der Waals surface area contributed by atoms with Gasteiger partial charge >= 0.3 is 5.97 Å². The maximum atomic E-state index is 12.5. The van der Waals surface area contributed by atoms with Crippen LogP contribution in [0.3, 0.4) is 0 Å². The molecule has 0 unspecified atom stereocenters. The molecule has 6 heteroatoms. The molecule has 0 aliphatic rings. The first kappa shape index (κ1) is 14.6. The Hall–Kier alpha value is -2.76. The second-order valence-electron chi connectivity index (χ2n) is 4.43. The maximum Gasteiger partial charge on any atom is 0.352 e. The Morgan fingerprint density at radius 3 is 2.38 bits per heavy atom. The van der Waals surface area contributed by atoms with E-state index in [1.165, 1.54) is 31.0 Å². The second-order valence-corrected chi connectivity index (χ2v) is 4.43. The van der Waals surface area contributed by atoms with Crippen LogP contribution in [0.2, 0.25) is 0 Å². The topological polar surface area (TPSA) is 77.8 Å². The van der Waals surface area contributed by atoms with E-state index in [9.17, 15) is 9.59 Å². The van der Waals surface area contributed by atoms with Crippen LogP contribution in [0, 0.1) is 0 Å². The van der Waals surface area contributed by atoms with Crippen molar-refractivity contribution in [2.45, 2.75) is 0 Å². The number of methoxy groups -OCH3 is 2. The number of carboxylic acid groups (broad SMARTS) is 1. The number of carbonyl (C=O) groups excluding carboxylic acids is 1. The molecule has 0 amide bonds. The van der Waals surface area contributed by atoms with E-state index in [1.54, 1.807) is 25.2 Å². The minimum Gasteiger partial charge on any atom is -0.497 e. The Balaban J connectivity index is 2.44. The summed E-state index contributed by atoms with van der Waals surface area (Å²) < 4.78 is 11.7. The Bertz CT molecular complexity index is 702. The molecule has 110 valence electrons. The van der Waals surface area contributed by atoms with Crippen molar-refractivity contribution in [2.75, 3.05) is 14.2 Å². The summed E-state index contributed by atoms with van der Waals surface area (Å²) in [7, 11) is 4.55. The molecule has 21 heavy (non-hydrogen) atoms. The zero-order valence-electron chi connectivity index (χ0n) is 11.9. The van der Waals surface area contributed by atoms with Gasteiger partial charge in [0.25, 0.3) is 0 Å². The predicted octanol–water partition coefficient (Wildman–Crippen LogP) is 1.97. The summed E-state index contributed by atoms with van der Waals surface area (Å²) in [6.07, 6.45) is 1.48. The minimum atomic E-state index is -1.08. The fraction of sp³-hybridized carbons (Fsp3) is 0.200. The summed E-state index contributed by atoms with van der Waals surface area (Å²) in [6.45, 7) is 0. The molecule has 0 atom stereocenters. The molecule has 0 aliphatic heterocycles. The highest BCUT2D eigenvalue weighted by Gasteiger charge is 2.19. The van der Waals surface area contributed by atoms with E-state index < -0.39 is 5.97 Å². The summed E-state index contributed by atoms with van der Waals surface area (Å²) in [6, 6.07) is 6.19. The molecule has 1 aromatic heterocycles. The number of rotatable bonds is 5. The van der Waals surface area contributed by atoms with Crippen LogP contribution in [0.4, 0.5) is 0 Å². The van der Waals surface area contributed by atoms with Gasteiger partial charge in [-0.3, -0.25) is 4.79 Å². The van der Waals surface area contributed by atoms with Gasteiger partial charge < -0.3 is 19.1 Å². The van der Waals surface area contributed by atoms with Crippen LogP contribution in [-0.2, 0) is 7.05 Å². The van der Waals surface area contributed by atoms with Crippen molar-refractivity contribution in [3.8, 4) is 11.5 Å². The lowest BCUT2D eigenvalue weighted by Gasteiger charge is -2.08. The Labute approximate surface area is 121 Å². The van der Waals surface area contributed by atoms with Crippen LogP contribution in [0.15, 0.2) is 30.5 Å². The second kappa shape index (κ2) is 5.70. The Morgan fingerprint density at radius 1 is 1.14 bits per heavy atom. The maximum absolute atomic E-state index is 12.5. The number of aromatic nitrogens is 1. The zero-order valence-corrected chi connectivity index (χ0v) is 11.9. The first-order chi connectivity index (χ1) is 9.97. The quantitative estimate of drug-likeness (QED) is 0.851. The van der Waals surface area contributed by atoms with Crippen LogP contribution < -0.4 is 9.47 Å². The fourth-order valence-corrected chi connectivity index (χ4v) is 2.04. The number of nitrogens with zero attached hydrogens (tertiary/aromatic N) is 1. The summed E-state index contributed by atoms with van der Waals surface area (Å²) in [4.78, 5) is 23.5. The van der Waals surface area contributed by atoms with Gasteiger partial charge in [0.05, 0.1) is 19.8 Å². The summed E-state index contributed by atoms with van der Waals surface area (Å²) in [5.41, 5.74) is 0.685. The van der Waals surface area contributed by atoms with Crippen molar-refractivity contribution in [1.82, 2.24) is 4.57 Å². The fourth-order valence-electron chi connectivity index (χ4n) is 2.04. The third-order valence-electron chi connectivity index (χ3n) is 3.14. The van der Waals surface area contributed by atoms with E-state index in [0.717, 1.165) is 0 Å². The van der Waals surface area contributed by atoms with Crippen LogP contribution in [0.5, 0.6) is 11.5 Å². The largest absolute Gasteiger partial charge is 0.497 e. The molecule has 2 aromatic rings. The average molecular weight is 289 g/mol. The number of ketones is 1. The molecule has 0 fully saturated rings. The van der Waals surface area contributed by atoms with Gasteiger partial charge in [-0.15, -0.1) is 0 Å². The summed E-state index contributed by atoms with van der Waals surface area (Å²) in [5, 5.41) is 9.03. The number of hydrogen-bond acceptors (Lipinski definition) is 4.